The Morgan fingerprint density at radius 2 is 1.93 bits per heavy atom. The van der Waals surface area contributed by atoms with Crippen molar-refractivity contribution in [3.05, 3.63) is 41.5 Å². The molecule has 0 aromatic carbocycles. The molecule has 0 aliphatic heterocycles. The first-order chi connectivity index (χ1) is 12.9. The Kier molecular flexibility index (Phi) is 7.52. The second-order valence-electron chi connectivity index (χ2n) is 6.95. The van der Waals surface area contributed by atoms with E-state index in [9.17, 15) is 9.59 Å². The molecule has 2 heterocycles. The first-order valence-corrected chi connectivity index (χ1v) is 9.25. The van der Waals surface area contributed by atoms with E-state index in [1.54, 1.807) is 18.5 Å². The highest BCUT2D eigenvalue weighted by Crippen LogP contribution is 2.17. The largest absolute Gasteiger partial charge is 0.457 e. The minimum Gasteiger partial charge on any atom is -0.457 e. The summed E-state index contributed by atoms with van der Waals surface area (Å²) in [6.45, 7) is 9.28. The summed E-state index contributed by atoms with van der Waals surface area (Å²) in [6, 6.07) is 3.59. The molecule has 7 nitrogen and oxygen atoms in total. The predicted molar refractivity (Wildman–Crippen MR) is 104 cm³/mol. The fourth-order valence-electron chi connectivity index (χ4n) is 2.78. The van der Waals surface area contributed by atoms with Crippen LogP contribution in [0.2, 0.25) is 0 Å². The van der Waals surface area contributed by atoms with Gasteiger partial charge in [0, 0.05) is 42.4 Å². The number of carbonyl (C=O) groups excluding carboxylic acids is 2. The molecule has 0 bridgehead atoms. The van der Waals surface area contributed by atoms with Crippen LogP contribution >= 0.6 is 0 Å². The number of hydrogen-bond donors (Lipinski definition) is 1. The van der Waals surface area contributed by atoms with E-state index < -0.39 is 5.97 Å². The molecule has 1 N–H and O–H groups in total. The molecule has 0 saturated carbocycles. The molecule has 2 rings (SSSR count). The summed E-state index contributed by atoms with van der Waals surface area (Å²) < 4.78 is 7.27. The van der Waals surface area contributed by atoms with Gasteiger partial charge in [0.05, 0.1) is 6.42 Å². The highest BCUT2D eigenvalue weighted by Gasteiger charge is 2.17. The van der Waals surface area contributed by atoms with Crippen LogP contribution in [0.3, 0.4) is 0 Å². The lowest BCUT2D eigenvalue weighted by Crippen LogP contribution is -2.17. The number of Topliss-reactive ketones (excluding diaryl/α,β-unsaturated/α-hetero) is 1. The van der Waals surface area contributed by atoms with Crippen LogP contribution in [-0.2, 0) is 16.1 Å². The maximum absolute atomic E-state index is 12.4. The van der Waals surface area contributed by atoms with Crippen LogP contribution in [0.5, 0.6) is 0 Å². The zero-order chi connectivity index (χ0) is 19.8. The molecule has 0 radical (unpaired) electrons. The van der Waals surface area contributed by atoms with Crippen molar-refractivity contribution in [2.24, 2.45) is 5.92 Å². The van der Waals surface area contributed by atoms with Crippen LogP contribution in [0.1, 0.15) is 48.4 Å². The van der Waals surface area contributed by atoms with Crippen LogP contribution in [0, 0.1) is 19.8 Å². The van der Waals surface area contributed by atoms with Gasteiger partial charge in [-0.3, -0.25) is 9.59 Å². The molecular weight excluding hydrogens is 344 g/mol. The first-order valence-electron chi connectivity index (χ1n) is 9.25. The number of hydrogen-bond acceptors (Lipinski definition) is 6. The number of nitrogens with zero attached hydrogens (tertiary/aromatic N) is 3. The summed E-state index contributed by atoms with van der Waals surface area (Å²) in [5.74, 6) is 0.448. The van der Waals surface area contributed by atoms with E-state index in [1.807, 2.05) is 19.9 Å². The van der Waals surface area contributed by atoms with Gasteiger partial charge in [0.1, 0.15) is 0 Å². The lowest BCUT2D eigenvalue weighted by atomic mass is 10.1. The highest BCUT2D eigenvalue weighted by molar-refractivity contribution is 5.99. The normalized spacial score (nSPS) is 10.9. The molecule has 0 unspecified atom stereocenters. The van der Waals surface area contributed by atoms with Gasteiger partial charge < -0.3 is 14.6 Å². The van der Waals surface area contributed by atoms with Gasteiger partial charge in [-0.25, -0.2) is 9.97 Å². The van der Waals surface area contributed by atoms with Crippen molar-refractivity contribution in [3.63, 3.8) is 0 Å². The smallest absolute Gasteiger partial charge is 0.308 e. The number of ether oxygens (including phenoxy) is 1. The predicted octanol–water partition coefficient (Wildman–Crippen LogP) is 3.17. The summed E-state index contributed by atoms with van der Waals surface area (Å²) in [6.07, 6.45) is 4.42. The lowest BCUT2D eigenvalue weighted by Gasteiger charge is -2.11. The highest BCUT2D eigenvalue weighted by atomic mass is 16.5. The zero-order valence-electron chi connectivity index (χ0n) is 16.5. The summed E-state index contributed by atoms with van der Waals surface area (Å²) in [5.41, 5.74) is 2.60. The van der Waals surface area contributed by atoms with E-state index in [0.717, 1.165) is 24.4 Å². The molecule has 0 aliphatic rings. The maximum Gasteiger partial charge on any atom is 0.308 e. The summed E-state index contributed by atoms with van der Waals surface area (Å²) in [4.78, 5) is 32.3. The number of esters is 1. The average Bonchev–Trinajstić information content (AvgIpc) is 2.93. The van der Waals surface area contributed by atoms with Gasteiger partial charge in [-0.05, 0) is 38.3 Å². The number of aryl methyl sites for hydroxylation is 1. The van der Waals surface area contributed by atoms with Crippen LogP contribution < -0.4 is 5.32 Å². The monoisotopic (exact) mass is 372 g/mol. The third-order valence-corrected chi connectivity index (χ3v) is 4.35. The van der Waals surface area contributed by atoms with Crippen molar-refractivity contribution in [2.45, 2.75) is 47.1 Å². The van der Waals surface area contributed by atoms with Crippen LogP contribution in [-0.4, -0.2) is 39.4 Å². The van der Waals surface area contributed by atoms with Gasteiger partial charge in [-0.15, -0.1) is 0 Å². The summed E-state index contributed by atoms with van der Waals surface area (Å²) in [7, 11) is 0. The number of carbonyl (C=O) groups is 2. The number of aromatic nitrogens is 3. The van der Waals surface area contributed by atoms with Gasteiger partial charge in [0.2, 0.25) is 11.7 Å². The van der Waals surface area contributed by atoms with Gasteiger partial charge in [0.15, 0.2) is 6.61 Å². The molecule has 27 heavy (non-hydrogen) atoms. The third-order valence-electron chi connectivity index (χ3n) is 4.35. The Bertz CT molecular complexity index is 769. The molecule has 0 spiro atoms. The second-order valence-corrected chi connectivity index (χ2v) is 6.95. The fourth-order valence-corrected chi connectivity index (χ4v) is 2.78. The topological polar surface area (TPSA) is 86.1 Å². The second kappa shape index (κ2) is 9.85. The molecule has 7 heteroatoms. The molecule has 2 aromatic rings. The van der Waals surface area contributed by atoms with Gasteiger partial charge >= 0.3 is 5.97 Å². The number of nitrogens with one attached hydrogen (secondary N) is 1. The molecule has 0 fully saturated rings. The van der Waals surface area contributed by atoms with Crippen LogP contribution in [0.4, 0.5) is 5.95 Å². The zero-order valence-corrected chi connectivity index (χ0v) is 16.5. The third kappa shape index (κ3) is 6.20. The van der Waals surface area contributed by atoms with E-state index >= 15 is 0 Å². The Morgan fingerprint density at radius 3 is 2.59 bits per heavy atom. The standard InChI is InChI=1S/C20H28N4O3/c1-14(2)7-11-24-15(3)12-17(16(24)4)18(25)13-27-19(26)6-10-23-20-21-8-5-9-22-20/h5,8-9,12,14H,6-7,10-11,13H2,1-4H3,(H,21,22,23). The Balaban J connectivity index is 1.81. The fraction of sp³-hybridized carbons (Fsp3) is 0.500. The minimum atomic E-state index is -0.430. The summed E-state index contributed by atoms with van der Waals surface area (Å²) >= 11 is 0. The molecule has 146 valence electrons. The van der Waals surface area contributed by atoms with Crippen LogP contribution in [0.25, 0.3) is 0 Å². The lowest BCUT2D eigenvalue weighted by molar-refractivity contribution is -0.142. The Labute approximate surface area is 160 Å². The maximum atomic E-state index is 12.4. The minimum absolute atomic E-state index is 0.138. The molecule has 0 aliphatic carbocycles. The molecule has 0 amide bonds. The first kappa shape index (κ1) is 20.6. The Hall–Kier alpha value is -2.70. The van der Waals surface area contributed by atoms with Crippen molar-refractivity contribution >= 4 is 17.7 Å². The molecular formula is C20H28N4O3. The summed E-state index contributed by atoms with van der Waals surface area (Å²) in [5, 5.41) is 2.93. The SMILES string of the molecule is Cc1cc(C(=O)COC(=O)CCNc2ncccn2)c(C)n1CCC(C)C. The van der Waals surface area contributed by atoms with E-state index in [-0.39, 0.29) is 18.8 Å². The van der Waals surface area contributed by atoms with E-state index in [4.69, 9.17) is 4.74 Å². The van der Waals surface area contributed by atoms with Crippen molar-refractivity contribution in [2.75, 3.05) is 18.5 Å². The molecule has 0 atom stereocenters. The number of ketones is 1. The van der Waals surface area contributed by atoms with E-state index in [0.29, 0.717) is 24.0 Å². The van der Waals surface area contributed by atoms with Crippen molar-refractivity contribution in [1.82, 2.24) is 14.5 Å². The number of anilines is 1. The van der Waals surface area contributed by atoms with Gasteiger partial charge in [-0.1, -0.05) is 13.8 Å². The molecule has 2 aromatic heterocycles. The van der Waals surface area contributed by atoms with Gasteiger partial charge in [-0.2, -0.15) is 0 Å². The Morgan fingerprint density at radius 1 is 1.22 bits per heavy atom. The van der Waals surface area contributed by atoms with Crippen molar-refractivity contribution < 1.29 is 14.3 Å². The number of rotatable bonds is 10. The quantitative estimate of drug-likeness (QED) is 0.509. The van der Waals surface area contributed by atoms with Crippen molar-refractivity contribution in [3.8, 4) is 0 Å². The van der Waals surface area contributed by atoms with Crippen molar-refractivity contribution in [1.29, 1.82) is 0 Å². The van der Waals surface area contributed by atoms with E-state index in [1.165, 1.54) is 0 Å². The van der Waals surface area contributed by atoms with Gasteiger partial charge in [0.25, 0.3) is 0 Å². The van der Waals surface area contributed by atoms with E-state index in [2.05, 4.69) is 33.7 Å². The average molecular weight is 372 g/mol. The molecule has 0 saturated heterocycles. The van der Waals surface area contributed by atoms with Crippen LogP contribution in [0.15, 0.2) is 24.5 Å².